The Morgan fingerprint density at radius 2 is 2.00 bits per heavy atom. The van der Waals surface area contributed by atoms with Gasteiger partial charge in [0, 0.05) is 24.8 Å². The lowest BCUT2D eigenvalue weighted by Crippen LogP contribution is -2.31. The molecule has 2 nitrogen and oxygen atoms in total. The summed E-state index contributed by atoms with van der Waals surface area (Å²) in [5.41, 5.74) is 4.29. The van der Waals surface area contributed by atoms with E-state index in [1.165, 1.54) is 29.8 Å². The molecule has 0 spiro atoms. The summed E-state index contributed by atoms with van der Waals surface area (Å²) in [5.74, 6) is 0.608. The molecule has 100 valence electrons. The fraction of sp³-hybridized carbons (Fsp3) is 0.625. The molecule has 0 bridgehead atoms. The van der Waals surface area contributed by atoms with E-state index in [0.717, 1.165) is 6.54 Å². The summed E-state index contributed by atoms with van der Waals surface area (Å²) in [5, 5.41) is 0. The molecule has 1 fully saturated rings. The van der Waals surface area contributed by atoms with E-state index in [1.54, 1.807) is 0 Å². The second-order valence-corrected chi connectivity index (χ2v) is 6.05. The fourth-order valence-electron chi connectivity index (χ4n) is 2.71. The number of aryl methyl sites for hydroxylation is 1. The Morgan fingerprint density at radius 1 is 1.28 bits per heavy atom. The second-order valence-electron chi connectivity index (χ2n) is 6.05. The lowest BCUT2D eigenvalue weighted by molar-refractivity contribution is 0.315. The van der Waals surface area contributed by atoms with Crippen LogP contribution in [0.2, 0.25) is 0 Å². The topological polar surface area (TPSA) is 6.48 Å². The molecule has 1 saturated heterocycles. The van der Waals surface area contributed by atoms with Crippen molar-refractivity contribution in [3.63, 3.8) is 0 Å². The van der Waals surface area contributed by atoms with E-state index in [-0.39, 0.29) is 0 Å². The van der Waals surface area contributed by atoms with E-state index in [0.29, 0.717) is 12.0 Å². The maximum absolute atomic E-state index is 2.55. The van der Waals surface area contributed by atoms with Crippen LogP contribution in [-0.4, -0.2) is 38.1 Å². The molecule has 0 N–H and O–H groups in total. The maximum atomic E-state index is 2.55. The third kappa shape index (κ3) is 2.69. The van der Waals surface area contributed by atoms with Crippen molar-refractivity contribution in [2.75, 3.05) is 32.1 Å². The number of anilines is 1. The first-order chi connectivity index (χ1) is 8.49. The predicted molar refractivity (Wildman–Crippen MR) is 79.6 cm³/mol. The maximum Gasteiger partial charge on any atom is 0.0399 e. The Bertz CT molecular complexity index is 410. The number of hydrogen-bond acceptors (Lipinski definition) is 2. The van der Waals surface area contributed by atoms with E-state index in [2.05, 4.69) is 62.9 Å². The van der Waals surface area contributed by atoms with Gasteiger partial charge in [-0.15, -0.1) is 0 Å². The number of likely N-dealkylation sites (N-methyl/N-ethyl adjacent to an activating group) is 1. The minimum absolute atomic E-state index is 0.608. The highest BCUT2D eigenvalue weighted by molar-refractivity contribution is 5.56. The Kier molecular flexibility index (Phi) is 3.96. The molecule has 1 aliphatic heterocycles. The minimum Gasteiger partial charge on any atom is -0.370 e. The van der Waals surface area contributed by atoms with E-state index in [4.69, 9.17) is 0 Å². The van der Waals surface area contributed by atoms with Crippen LogP contribution in [0, 0.1) is 6.92 Å². The average Bonchev–Trinajstić information content (AvgIpc) is 2.78. The molecule has 0 aromatic heterocycles. The summed E-state index contributed by atoms with van der Waals surface area (Å²) in [4.78, 5) is 4.90. The quantitative estimate of drug-likeness (QED) is 0.807. The molecule has 1 aromatic carbocycles. The molecule has 1 aromatic rings. The van der Waals surface area contributed by atoms with Crippen LogP contribution in [0.15, 0.2) is 18.2 Å². The smallest absolute Gasteiger partial charge is 0.0399 e. The van der Waals surface area contributed by atoms with Gasteiger partial charge in [-0.25, -0.2) is 0 Å². The summed E-state index contributed by atoms with van der Waals surface area (Å²) < 4.78 is 0. The predicted octanol–water partition coefficient (Wildman–Crippen LogP) is 3.26. The van der Waals surface area contributed by atoms with E-state index in [9.17, 15) is 0 Å². The van der Waals surface area contributed by atoms with Crippen LogP contribution in [0.3, 0.4) is 0 Å². The molecule has 1 unspecified atom stereocenters. The Labute approximate surface area is 112 Å². The van der Waals surface area contributed by atoms with Gasteiger partial charge in [0.15, 0.2) is 0 Å². The lowest BCUT2D eigenvalue weighted by atomic mass is 10.0. The number of hydrogen-bond donors (Lipinski definition) is 0. The molecule has 0 aliphatic carbocycles. The molecule has 18 heavy (non-hydrogen) atoms. The van der Waals surface area contributed by atoms with E-state index in [1.807, 2.05) is 0 Å². The minimum atomic E-state index is 0.608. The second kappa shape index (κ2) is 5.31. The van der Waals surface area contributed by atoms with Crippen molar-refractivity contribution < 1.29 is 0 Å². The highest BCUT2D eigenvalue weighted by atomic mass is 15.2. The fourth-order valence-corrected chi connectivity index (χ4v) is 2.71. The number of nitrogens with zero attached hydrogens (tertiary/aromatic N) is 2. The largest absolute Gasteiger partial charge is 0.370 e. The van der Waals surface area contributed by atoms with Gasteiger partial charge in [-0.3, -0.25) is 0 Å². The van der Waals surface area contributed by atoms with Gasteiger partial charge in [0.25, 0.3) is 0 Å². The first-order valence-electron chi connectivity index (χ1n) is 7.01. The van der Waals surface area contributed by atoms with Gasteiger partial charge in [-0.05, 0) is 50.6 Å². The third-order valence-electron chi connectivity index (χ3n) is 4.13. The number of benzene rings is 1. The van der Waals surface area contributed by atoms with Crippen molar-refractivity contribution in [2.45, 2.75) is 39.2 Å². The van der Waals surface area contributed by atoms with Crippen molar-refractivity contribution in [3.05, 3.63) is 29.3 Å². The van der Waals surface area contributed by atoms with Gasteiger partial charge >= 0.3 is 0 Å². The van der Waals surface area contributed by atoms with Crippen LogP contribution < -0.4 is 4.90 Å². The average molecular weight is 246 g/mol. The van der Waals surface area contributed by atoms with Crippen LogP contribution in [0.4, 0.5) is 5.69 Å². The molecular weight excluding hydrogens is 220 g/mol. The molecule has 0 radical (unpaired) electrons. The molecule has 0 saturated carbocycles. The van der Waals surface area contributed by atoms with Crippen LogP contribution in [-0.2, 0) is 0 Å². The molecule has 2 heteroatoms. The van der Waals surface area contributed by atoms with Gasteiger partial charge in [-0.2, -0.15) is 0 Å². The number of rotatable bonds is 3. The van der Waals surface area contributed by atoms with Crippen molar-refractivity contribution in [1.29, 1.82) is 0 Å². The van der Waals surface area contributed by atoms with Gasteiger partial charge in [-0.1, -0.05) is 26.0 Å². The van der Waals surface area contributed by atoms with Crippen molar-refractivity contribution in [3.8, 4) is 0 Å². The van der Waals surface area contributed by atoms with Crippen LogP contribution in [0.5, 0.6) is 0 Å². The Balaban J connectivity index is 2.21. The first-order valence-corrected chi connectivity index (χ1v) is 7.01. The monoisotopic (exact) mass is 246 g/mol. The lowest BCUT2D eigenvalue weighted by Gasteiger charge is -2.24. The van der Waals surface area contributed by atoms with E-state index >= 15 is 0 Å². The summed E-state index contributed by atoms with van der Waals surface area (Å²) in [6.07, 6.45) is 1.28. The molecule has 2 rings (SSSR count). The zero-order chi connectivity index (χ0) is 13.3. The Morgan fingerprint density at radius 3 is 2.56 bits per heavy atom. The molecule has 1 atom stereocenters. The first kappa shape index (κ1) is 13.4. The van der Waals surface area contributed by atoms with Gasteiger partial charge in [0.1, 0.15) is 0 Å². The van der Waals surface area contributed by atoms with Crippen LogP contribution in [0.25, 0.3) is 0 Å². The zero-order valence-electron chi connectivity index (χ0n) is 12.4. The van der Waals surface area contributed by atoms with Gasteiger partial charge in [0.2, 0.25) is 0 Å². The van der Waals surface area contributed by atoms with Gasteiger partial charge in [0.05, 0.1) is 0 Å². The van der Waals surface area contributed by atoms with Crippen molar-refractivity contribution in [1.82, 2.24) is 4.90 Å². The van der Waals surface area contributed by atoms with Gasteiger partial charge < -0.3 is 9.80 Å². The highest BCUT2D eigenvalue weighted by Crippen LogP contribution is 2.29. The zero-order valence-corrected chi connectivity index (χ0v) is 12.4. The third-order valence-corrected chi connectivity index (χ3v) is 4.13. The van der Waals surface area contributed by atoms with E-state index < -0.39 is 0 Å². The molecule has 0 amide bonds. The summed E-state index contributed by atoms with van der Waals surface area (Å²) in [6, 6.07) is 7.63. The highest BCUT2D eigenvalue weighted by Gasteiger charge is 2.25. The molecule has 1 aliphatic rings. The van der Waals surface area contributed by atoms with Crippen LogP contribution >= 0.6 is 0 Å². The van der Waals surface area contributed by atoms with Crippen molar-refractivity contribution >= 4 is 5.69 Å². The van der Waals surface area contributed by atoms with Crippen LogP contribution in [0.1, 0.15) is 37.3 Å². The summed E-state index contributed by atoms with van der Waals surface area (Å²) >= 11 is 0. The SMILES string of the molecule is Cc1ccc(C(C)C)cc1N1CCC(N(C)C)C1. The molecule has 1 heterocycles. The normalized spacial score (nSPS) is 20.2. The summed E-state index contributed by atoms with van der Waals surface area (Å²) in [6.45, 7) is 9.10. The molecular formula is C16H26N2. The summed E-state index contributed by atoms with van der Waals surface area (Å²) in [7, 11) is 4.37. The Hall–Kier alpha value is -1.02. The van der Waals surface area contributed by atoms with Crippen molar-refractivity contribution in [2.24, 2.45) is 0 Å². The standard InChI is InChI=1S/C16H26N2/c1-12(2)14-7-6-13(3)16(10-14)18-9-8-15(11-18)17(4)5/h6-7,10,12,15H,8-9,11H2,1-5H3.